The highest BCUT2D eigenvalue weighted by Gasteiger charge is 2.39. The Balaban J connectivity index is 1.40. The maximum atomic E-state index is 14.4. The van der Waals surface area contributed by atoms with Crippen LogP contribution in [0.1, 0.15) is 0 Å². The Hall–Kier alpha value is -3.03. The number of hydrogen-bond acceptors (Lipinski definition) is 5. The molecule has 2 aliphatic rings. The van der Waals surface area contributed by atoms with Crippen LogP contribution in [0.15, 0.2) is 48.8 Å². The summed E-state index contributed by atoms with van der Waals surface area (Å²) in [5, 5.41) is 11.0. The van der Waals surface area contributed by atoms with E-state index in [9.17, 15) is 4.39 Å². The smallest absolute Gasteiger partial charge is 0.132 e. The van der Waals surface area contributed by atoms with Crippen LogP contribution in [-0.2, 0) is 0 Å². The van der Waals surface area contributed by atoms with Gasteiger partial charge in [-0.15, -0.1) is 0 Å². The number of benzene rings is 1. The maximum absolute atomic E-state index is 14.4. The number of pyridine rings is 2. The lowest BCUT2D eigenvalue weighted by Crippen LogP contribution is -2.51. The minimum Gasteiger partial charge on any atom is -0.368 e. The number of hydrogen-bond donors (Lipinski definition) is 2. The molecule has 2 saturated heterocycles. The maximum Gasteiger partial charge on any atom is 0.132 e. The van der Waals surface area contributed by atoms with Gasteiger partial charge >= 0.3 is 0 Å². The molecule has 3 aromatic heterocycles. The minimum absolute atomic E-state index is 0.340. The van der Waals surface area contributed by atoms with Gasteiger partial charge < -0.3 is 10.2 Å². The van der Waals surface area contributed by atoms with Crippen molar-refractivity contribution in [2.24, 2.45) is 5.92 Å². The summed E-state index contributed by atoms with van der Waals surface area (Å²) in [6.07, 6.45) is 3.64. The zero-order valence-electron chi connectivity index (χ0n) is 15.9. The van der Waals surface area contributed by atoms with Gasteiger partial charge in [-0.2, -0.15) is 5.10 Å². The lowest BCUT2D eigenvalue weighted by atomic mass is 9.96. The minimum atomic E-state index is -0.380. The van der Waals surface area contributed by atoms with Crippen molar-refractivity contribution in [3.05, 3.63) is 59.6 Å². The van der Waals surface area contributed by atoms with Crippen molar-refractivity contribution in [2.45, 2.75) is 6.04 Å². The molecule has 0 amide bonds. The van der Waals surface area contributed by atoms with E-state index in [1.807, 2.05) is 18.3 Å². The highest BCUT2D eigenvalue weighted by atomic mass is 35.5. The summed E-state index contributed by atoms with van der Waals surface area (Å²) in [5.74, 6) is 0.343. The quantitative estimate of drug-likeness (QED) is 0.526. The van der Waals surface area contributed by atoms with Crippen LogP contribution in [0.2, 0.25) is 5.02 Å². The van der Waals surface area contributed by atoms with Crippen molar-refractivity contribution in [2.75, 3.05) is 24.5 Å². The fourth-order valence-corrected chi connectivity index (χ4v) is 4.52. The van der Waals surface area contributed by atoms with Crippen molar-refractivity contribution in [3.63, 3.8) is 0 Å². The van der Waals surface area contributed by atoms with Gasteiger partial charge in [-0.1, -0.05) is 11.6 Å². The van der Waals surface area contributed by atoms with Crippen LogP contribution in [0.25, 0.3) is 33.5 Å². The molecule has 2 unspecified atom stereocenters. The molecule has 2 atom stereocenters. The average Bonchev–Trinajstić information content (AvgIpc) is 3.34. The lowest BCUT2D eigenvalue weighted by Gasteiger charge is -2.29. The largest absolute Gasteiger partial charge is 0.368 e. The average molecular weight is 421 g/mol. The molecule has 0 bridgehead atoms. The number of halogens is 2. The zero-order chi connectivity index (χ0) is 20.2. The number of aromatic amines is 1. The molecule has 8 heteroatoms. The van der Waals surface area contributed by atoms with E-state index in [0.29, 0.717) is 33.6 Å². The number of rotatable bonds is 3. The van der Waals surface area contributed by atoms with Gasteiger partial charge in [0.1, 0.15) is 11.5 Å². The first-order valence-electron chi connectivity index (χ1n) is 9.90. The number of nitrogens with zero attached hydrogens (tertiary/aromatic N) is 4. The first-order valence-corrected chi connectivity index (χ1v) is 10.3. The van der Waals surface area contributed by atoms with E-state index in [4.69, 9.17) is 16.6 Å². The summed E-state index contributed by atoms with van der Waals surface area (Å²) in [5.41, 5.74) is 4.94. The number of fused-ring (bicyclic) bond motifs is 2. The van der Waals surface area contributed by atoms with Crippen molar-refractivity contribution >= 4 is 28.3 Å². The predicted octanol–water partition coefficient (Wildman–Crippen LogP) is 3.89. The van der Waals surface area contributed by atoms with Gasteiger partial charge in [0, 0.05) is 53.9 Å². The van der Waals surface area contributed by atoms with Crippen molar-refractivity contribution in [3.8, 4) is 22.5 Å². The van der Waals surface area contributed by atoms with E-state index < -0.39 is 0 Å². The highest BCUT2D eigenvalue weighted by Crippen LogP contribution is 2.34. The standard InChI is InChI=1S/C22H18ClFN6/c23-13-1-2-17(24)15(5-13)22-16(9-27-29-22)18-3-4-19-20(28-18)6-14(8-26-19)30-10-12-7-25-21(12)11-30/h1-6,8-9,12,21,25H,7,10-11H2,(H,27,29). The Kier molecular flexibility index (Phi) is 4.01. The molecule has 6 rings (SSSR count). The SMILES string of the molecule is Fc1ccc(Cl)cc1-c1n[nH]cc1-c1ccc2ncc(N3CC4CNC4C3)cc2n1. The Morgan fingerprint density at radius 2 is 2.00 bits per heavy atom. The zero-order valence-corrected chi connectivity index (χ0v) is 16.7. The molecular weight excluding hydrogens is 403 g/mol. The molecule has 150 valence electrons. The molecular formula is C22H18ClFN6. The normalized spacial score (nSPS) is 20.4. The molecule has 6 nitrogen and oxygen atoms in total. The van der Waals surface area contributed by atoms with E-state index >= 15 is 0 Å². The summed E-state index contributed by atoms with van der Waals surface area (Å²) in [6.45, 7) is 3.13. The number of H-pyrrole nitrogens is 1. The van der Waals surface area contributed by atoms with Crippen LogP contribution in [0, 0.1) is 11.7 Å². The van der Waals surface area contributed by atoms with Gasteiger partial charge in [0.15, 0.2) is 0 Å². The molecule has 4 aromatic rings. The number of aromatic nitrogens is 4. The Labute approximate surface area is 177 Å². The third-order valence-electron chi connectivity index (χ3n) is 6.07. The second kappa shape index (κ2) is 6.75. The van der Waals surface area contributed by atoms with E-state index in [1.54, 1.807) is 12.3 Å². The molecule has 0 aliphatic carbocycles. The Bertz CT molecular complexity index is 1260. The van der Waals surface area contributed by atoms with Gasteiger partial charge in [-0.3, -0.25) is 10.1 Å². The number of anilines is 1. The highest BCUT2D eigenvalue weighted by molar-refractivity contribution is 6.30. The summed E-state index contributed by atoms with van der Waals surface area (Å²) >= 11 is 6.08. The van der Waals surface area contributed by atoms with Gasteiger partial charge in [-0.25, -0.2) is 9.37 Å². The predicted molar refractivity (Wildman–Crippen MR) is 115 cm³/mol. The van der Waals surface area contributed by atoms with E-state index in [1.165, 1.54) is 12.1 Å². The summed E-state index contributed by atoms with van der Waals surface area (Å²) in [7, 11) is 0. The topological polar surface area (TPSA) is 69.7 Å². The first-order chi connectivity index (χ1) is 14.7. The van der Waals surface area contributed by atoms with Gasteiger partial charge in [0.25, 0.3) is 0 Å². The van der Waals surface area contributed by atoms with Crippen molar-refractivity contribution in [1.82, 2.24) is 25.5 Å². The molecule has 2 fully saturated rings. The molecule has 5 heterocycles. The van der Waals surface area contributed by atoms with E-state index in [-0.39, 0.29) is 5.82 Å². The number of nitrogens with one attached hydrogen (secondary N) is 2. The third-order valence-corrected chi connectivity index (χ3v) is 6.31. The lowest BCUT2D eigenvalue weighted by molar-refractivity contribution is 0.297. The summed E-state index contributed by atoms with van der Waals surface area (Å²) in [6, 6.07) is 10.9. The first kappa shape index (κ1) is 17.8. The van der Waals surface area contributed by atoms with Crippen LogP contribution in [0.4, 0.5) is 10.1 Å². The Morgan fingerprint density at radius 1 is 1.07 bits per heavy atom. The Morgan fingerprint density at radius 3 is 2.80 bits per heavy atom. The molecule has 30 heavy (non-hydrogen) atoms. The van der Waals surface area contributed by atoms with Crippen LogP contribution in [0.5, 0.6) is 0 Å². The summed E-state index contributed by atoms with van der Waals surface area (Å²) in [4.78, 5) is 11.8. The monoisotopic (exact) mass is 420 g/mol. The second-order valence-corrected chi connectivity index (χ2v) is 8.32. The molecule has 0 spiro atoms. The van der Waals surface area contributed by atoms with Gasteiger partial charge in [0.05, 0.1) is 28.6 Å². The molecule has 0 radical (unpaired) electrons. The van der Waals surface area contributed by atoms with Crippen molar-refractivity contribution in [1.29, 1.82) is 0 Å². The second-order valence-electron chi connectivity index (χ2n) is 7.88. The van der Waals surface area contributed by atoms with Gasteiger partial charge in [0.2, 0.25) is 0 Å². The van der Waals surface area contributed by atoms with Crippen molar-refractivity contribution < 1.29 is 4.39 Å². The van der Waals surface area contributed by atoms with Crippen LogP contribution < -0.4 is 10.2 Å². The fourth-order valence-electron chi connectivity index (χ4n) is 4.35. The molecule has 1 aromatic carbocycles. The van der Waals surface area contributed by atoms with Gasteiger partial charge in [-0.05, 0) is 36.4 Å². The molecule has 0 saturated carbocycles. The van der Waals surface area contributed by atoms with Crippen LogP contribution in [-0.4, -0.2) is 45.8 Å². The van der Waals surface area contributed by atoms with E-state index in [2.05, 4.69) is 31.5 Å². The third kappa shape index (κ3) is 2.85. The van der Waals surface area contributed by atoms with E-state index in [0.717, 1.165) is 42.3 Å². The van der Waals surface area contributed by atoms with Crippen LogP contribution in [0.3, 0.4) is 0 Å². The fraction of sp³-hybridized carbons (Fsp3) is 0.227. The van der Waals surface area contributed by atoms with Crippen LogP contribution >= 0.6 is 11.6 Å². The molecule has 2 N–H and O–H groups in total. The molecule has 2 aliphatic heterocycles. The summed E-state index contributed by atoms with van der Waals surface area (Å²) < 4.78 is 14.4.